The van der Waals surface area contributed by atoms with Crippen LogP contribution in [0.25, 0.3) is 0 Å². The lowest BCUT2D eigenvalue weighted by Crippen LogP contribution is -2.29. The molecule has 0 spiro atoms. The second kappa shape index (κ2) is 11.8. The van der Waals surface area contributed by atoms with E-state index >= 15 is 0 Å². The third-order valence-corrected chi connectivity index (χ3v) is 8.18. The summed E-state index contributed by atoms with van der Waals surface area (Å²) in [6.45, 7) is 4.43. The number of piperidine rings is 1. The number of carbonyl (C=O) groups is 2. The monoisotopic (exact) mass is 499 g/mol. The van der Waals surface area contributed by atoms with E-state index in [2.05, 4.69) is 34.5 Å². The van der Waals surface area contributed by atoms with Crippen molar-refractivity contribution in [2.45, 2.75) is 44.3 Å². The second-order valence-electron chi connectivity index (χ2n) is 9.63. The maximum Gasteiger partial charge on any atom is 0.251 e. The van der Waals surface area contributed by atoms with Crippen LogP contribution in [0.2, 0.25) is 0 Å². The summed E-state index contributed by atoms with van der Waals surface area (Å²) in [5, 5.41) is 3.03. The summed E-state index contributed by atoms with van der Waals surface area (Å²) in [7, 11) is 0. The average Bonchev–Trinajstić information content (AvgIpc) is 3.28. The molecule has 0 aromatic heterocycles. The van der Waals surface area contributed by atoms with Crippen molar-refractivity contribution in [3.05, 3.63) is 107 Å². The van der Waals surface area contributed by atoms with Crippen molar-refractivity contribution >= 4 is 23.6 Å². The van der Waals surface area contributed by atoms with Crippen LogP contribution in [0, 0.1) is 0 Å². The number of hydrogen-bond acceptors (Lipinski definition) is 4. The molecule has 1 N–H and O–H groups in total. The first-order chi connectivity index (χ1) is 17.7. The number of nitrogens with one attached hydrogen (secondary N) is 1. The zero-order valence-electron chi connectivity index (χ0n) is 20.6. The lowest BCUT2D eigenvalue weighted by molar-refractivity contribution is -0.128. The molecule has 2 heterocycles. The molecule has 6 heteroatoms. The van der Waals surface area contributed by atoms with Gasteiger partial charge in [-0.25, -0.2) is 0 Å². The minimum Gasteiger partial charge on any atom is -0.348 e. The molecular weight excluding hydrogens is 466 g/mol. The van der Waals surface area contributed by atoms with Gasteiger partial charge in [-0.3, -0.25) is 14.5 Å². The molecule has 3 aromatic rings. The van der Waals surface area contributed by atoms with Crippen LogP contribution in [0.5, 0.6) is 0 Å². The molecule has 5 rings (SSSR count). The topological polar surface area (TPSA) is 52.7 Å². The van der Waals surface area contributed by atoms with Gasteiger partial charge in [-0.2, -0.15) is 0 Å². The summed E-state index contributed by atoms with van der Waals surface area (Å²) in [6.07, 6.45) is 3.91. The maximum absolute atomic E-state index is 12.8. The van der Waals surface area contributed by atoms with Crippen molar-refractivity contribution in [2.75, 3.05) is 18.8 Å². The molecule has 2 saturated heterocycles. The van der Waals surface area contributed by atoms with Crippen LogP contribution in [0.4, 0.5) is 0 Å². The van der Waals surface area contributed by atoms with E-state index in [1.54, 1.807) is 11.8 Å². The van der Waals surface area contributed by atoms with Gasteiger partial charge in [-0.15, -0.1) is 11.8 Å². The second-order valence-corrected chi connectivity index (χ2v) is 10.7. The fourth-order valence-corrected chi connectivity index (χ4v) is 6.17. The number of amides is 2. The van der Waals surface area contributed by atoms with Crippen molar-refractivity contribution in [1.82, 2.24) is 15.1 Å². The number of thioether (sulfide) groups is 1. The van der Waals surface area contributed by atoms with Gasteiger partial charge in [-0.1, -0.05) is 73.2 Å². The van der Waals surface area contributed by atoms with Crippen LogP contribution < -0.4 is 5.32 Å². The number of nitrogens with zero attached hydrogens (tertiary/aromatic N) is 2. The SMILES string of the molecule is O=C(NCc1cccc(CN2CCCCC2)c1)c1ccc([C@@H]2SCC(=O)N2Cc2ccccc2)cc1. The molecule has 5 nitrogen and oxygen atoms in total. The molecule has 2 fully saturated rings. The van der Waals surface area contributed by atoms with E-state index in [1.807, 2.05) is 59.5 Å². The van der Waals surface area contributed by atoms with E-state index in [-0.39, 0.29) is 17.2 Å². The summed E-state index contributed by atoms with van der Waals surface area (Å²) in [5.41, 5.74) is 5.22. The van der Waals surface area contributed by atoms with Crippen LogP contribution in [-0.4, -0.2) is 40.5 Å². The number of benzene rings is 3. The van der Waals surface area contributed by atoms with Gasteiger partial charge >= 0.3 is 0 Å². The Morgan fingerprint density at radius 3 is 2.33 bits per heavy atom. The zero-order chi connectivity index (χ0) is 24.7. The lowest BCUT2D eigenvalue weighted by atomic mass is 10.1. The summed E-state index contributed by atoms with van der Waals surface area (Å²) < 4.78 is 0. The Kier molecular flexibility index (Phi) is 8.04. The Hall–Kier alpha value is -3.09. The largest absolute Gasteiger partial charge is 0.348 e. The number of likely N-dealkylation sites (tertiary alicyclic amines) is 1. The van der Waals surface area contributed by atoms with Crippen molar-refractivity contribution in [3.8, 4) is 0 Å². The predicted molar refractivity (Wildman–Crippen MR) is 145 cm³/mol. The number of carbonyl (C=O) groups excluding carboxylic acids is 2. The third-order valence-electron chi connectivity index (χ3n) is 6.92. The van der Waals surface area contributed by atoms with E-state index in [0.29, 0.717) is 24.4 Å². The van der Waals surface area contributed by atoms with E-state index < -0.39 is 0 Å². The van der Waals surface area contributed by atoms with Gasteiger partial charge in [0.15, 0.2) is 0 Å². The highest BCUT2D eigenvalue weighted by Gasteiger charge is 2.32. The van der Waals surface area contributed by atoms with E-state index in [9.17, 15) is 9.59 Å². The molecule has 0 saturated carbocycles. The summed E-state index contributed by atoms with van der Waals surface area (Å²) in [5.74, 6) is 0.550. The Bertz CT molecular complexity index is 1180. The van der Waals surface area contributed by atoms with Gasteiger partial charge in [0, 0.05) is 25.2 Å². The maximum atomic E-state index is 12.8. The molecule has 2 amide bonds. The fourth-order valence-electron chi connectivity index (χ4n) is 4.98. The van der Waals surface area contributed by atoms with Crippen molar-refractivity contribution < 1.29 is 9.59 Å². The molecule has 0 unspecified atom stereocenters. The van der Waals surface area contributed by atoms with Gasteiger partial charge in [0.05, 0.1) is 5.75 Å². The minimum absolute atomic E-state index is 0.0301. The molecule has 186 valence electrons. The minimum atomic E-state index is -0.0840. The Morgan fingerprint density at radius 2 is 1.56 bits per heavy atom. The van der Waals surface area contributed by atoms with Gasteiger partial charge in [0.2, 0.25) is 5.91 Å². The Balaban J connectivity index is 1.17. The molecule has 3 aromatic carbocycles. The molecule has 1 atom stereocenters. The zero-order valence-corrected chi connectivity index (χ0v) is 21.4. The first kappa shape index (κ1) is 24.6. The van der Waals surface area contributed by atoms with Crippen molar-refractivity contribution in [1.29, 1.82) is 0 Å². The Morgan fingerprint density at radius 1 is 0.833 bits per heavy atom. The smallest absolute Gasteiger partial charge is 0.251 e. The van der Waals surface area contributed by atoms with Gasteiger partial charge in [0.25, 0.3) is 5.91 Å². The van der Waals surface area contributed by atoms with E-state index in [0.717, 1.165) is 23.2 Å². The highest BCUT2D eigenvalue weighted by molar-refractivity contribution is 8.00. The molecule has 2 aliphatic rings. The lowest BCUT2D eigenvalue weighted by Gasteiger charge is -2.26. The molecule has 0 aliphatic carbocycles. The van der Waals surface area contributed by atoms with Gasteiger partial charge in [0.1, 0.15) is 5.37 Å². The van der Waals surface area contributed by atoms with Crippen LogP contribution >= 0.6 is 11.8 Å². The van der Waals surface area contributed by atoms with E-state index in [4.69, 9.17) is 0 Å². The van der Waals surface area contributed by atoms with Gasteiger partial charge in [-0.05, 0) is 60.3 Å². The molecular formula is C30H33N3O2S. The average molecular weight is 500 g/mol. The normalized spacial score (nSPS) is 18.4. The summed E-state index contributed by atoms with van der Waals surface area (Å²) >= 11 is 1.64. The van der Waals surface area contributed by atoms with Crippen molar-refractivity contribution in [3.63, 3.8) is 0 Å². The quantitative estimate of drug-likeness (QED) is 0.452. The van der Waals surface area contributed by atoms with E-state index in [1.165, 1.54) is 37.9 Å². The number of hydrogen-bond donors (Lipinski definition) is 1. The molecule has 0 bridgehead atoms. The number of rotatable bonds is 8. The first-order valence-electron chi connectivity index (χ1n) is 12.8. The summed E-state index contributed by atoms with van der Waals surface area (Å²) in [6, 6.07) is 26.3. The fraction of sp³-hybridized carbons (Fsp3) is 0.333. The van der Waals surface area contributed by atoms with Crippen LogP contribution in [-0.2, 0) is 24.4 Å². The van der Waals surface area contributed by atoms with Crippen LogP contribution in [0.15, 0.2) is 78.9 Å². The van der Waals surface area contributed by atoms with Crippen LogP contribution in [0.1, 0.15) is 57.2 Å². The molecule has 0 radical (unpaired) electrons. The predicted octanol–water partition coefficient (Wildman–Crippen LogP) is 5.38. The highest BCUT2D eigenvalue weighted by Crippen LogP contribution is 2.39. The Labute approximate surface area is 217 Å². The molecule has 2 aliphatic heterocycles. The summed E-state index contributed by atoms with van der Waals surface area (Å²) in [4.78, 5) is 29.8. The molecule has 36 heavy (non-hydrogen) atoms. The van der Waals surface area contributed by atoms with Crippen LogP contribution in [0.3, 0.4) is 0 Å². The third kappa shape index (κ3) is 6.18. The standard InChI is InChI=1S/C30H33N3O2S/c34-28-22-36-30(33(28)21-23-8-3-1-4-9-23)27-14-12-26(13-15-27)29(35)31-19-24-10-7-11-25(18-24)20-32-16-5-2-6-17-32/h1,3-4,7-15,18,30H,2,5-6,16-17,19-22H2,(H,31,35)/t30-/m0/s1. The van der Waals surface area contributed by atoms with Crippen molar-refractivity contribution in [2.24, 2.45) is 0 Å². The highest BCUT2D eigenvalue weighted by atomic mass is 32.2. The first-order valence-corrected chi connectivity index (χ1v) is 13.8. The van der Waals surface area contributed by atoms with Gasteiger partial charge < -0.3 is 10.2 Å².